The Morgan fingerprint density at radius 1 is 1.23 bits per heavy atom. The van der Waals surface area contributed by atoms with Gasteiger partial charge in [0.1, 0.15) is 5.52 Å². The summed E-state index contributed by atoms with van der Waals surface area (Å²) >= 11 is 0. The van der Waals surface area contributed by atoms with E-state index in [0.29, 0.717) is 11.5 Å². The zero-order valence-corrected chi connectivity index (χ0v) is 17.0. The Hall–Kier alpha value is -3.51. The molecule has 30 heavy (non-hydrogen) atoms. The summed E-state index contributed by atoms with van der Waals surface area (Å²) in [6.45, 7) is 3.72. The number of carbonyl (C=O) groups is 1. The second kappa shape index (κ2) is 7.39. The van der Waals surface area contributed by atoms with E-state index in [2.05, 4.69) is 28.0 Å². The highest BCUT2D eigenvalue weighted by atomic mass is 16.3. The van der Waals surface area contributed by atoms with Gasteiger partial charge in [-0.25, -0.2) is 4.98 Å². The first-order valence-electron chi connectivity index (χ1n) is 10.0. The van der Waals surface area contributed by atoms with E-state index in [0.717, 1.165) is 47.6 Å². The third-order valence-electron chi connectivity index (χ3n) is 5.49. The minimum absolute atomic E-state index is 0.105. The van der Waals surface area contributed by atoms with E-state index in [1.54, 1.807) is 17.2 Å². The zero-order valence-electron chi connectivity index (χ0n) is 17.0. The molecule has 2 aromatic rings. The molecule has 0 radical (unpaired) electrons. The number of carbonyl (C=O) groups excluding carboxylic acids is 1. The predicted molar refractivity (Wildman–Crippen MR) is 118 cm³/mol. The van der Waals surface area contributed by atoms with Crippen molar-refractivity contribution in [3.63, 3.8) is 0 Å². The van der Waals surface area contributed by atoms with Crippen molar-refractivity contribution in [2.24, 2.45) is 4.99 Å². The average Bonchev–Trinajstić information content (AvgIpc) is 3.11. The number of amides is 1. The standard InChI is InChI=1S/C24H22N4O2/c1-16-26-21-7-6-19(12-23(21)30-16)18-4-3-5-20-14-25-22(15-28(20)24(29)13-18)17-8-10-27(2)11-9-17/h3-8,12-15H,9-11H2,1-2H3/b4-3+,18-13+,20-5+. The van der Waals surface area contributed by atoms with Gasteiger partial charge in [0.2, 0.25) is 0 Å². The van der Waals surface area contributed by atoms with Crippen LogP contribution in [0.4, 0.5) is 0 Å². The summed E-state index contributed by atoms with van der Waals surface area (Å²) in [6.07, 6.45) is 14.2. The molecule has 1 amide bonds. The van der Waals surface area contributed by atoms with E-state index >= 15 is 0 Å². The van der Waals surface area contributed by atoms with Crippen molar-refractivity contribution in [2.45, 2.75) is 13.3 Å². The lowest BCUT2D eigenvalue weighted by molar-refractivity contribution is -0.121. The van der Waals surface area contributed by atoms with Gasteiger partial charge in [-0.3, -0.25) is 14.7 Å². The van der Waals surface area contributed by atoms with Gasteiger partial charge < -0.3 is 9.32 Å². The van der Waals surface area contributed by atoms with E-state index in [9.17, 15) is 4.79 Å². The average molecular weight is 398 g/mol. The Labute approximate surface area is 174 Å². The van der Waals surface area contributed by atoms with Gasteiger partial charge in [-0.15, -0.1) is 0 Å². The Morgan fingerprint density at radius 3 is 2.97 bits per heavy atom. The van der Waals surface area contributed by atoms with Gasteiger partial charge in [-0.2, -0.15) is 0 Å². The van der Waals surface area contributed by atoms with Crippen LogP contribution in [0.15, 0.2) is 81.2 Å². The minimum atomic E-state index is -0.105. The molecule has 5 rings (SSSR count). The third kappa shape index (κ3) is 3.46. The van der Waals surface area contributed by atoms with Crippen LogP contribution in [0.5, 0.6) is 0 Å². The van der Waals surface area contributed by atoms with Crippen LogP contribution >= 0.6 is 0 Å². The van der Waals surface area contributed by atoms with Crippen LogP contribution < -0.4 is 0 Å². The smallest absolute Gasteiger partial charge is 0.255 e. The maximum absolute atomic E-state index is 13.1. The van der Waals surface area contributed by atoms with Crippen molar-refractivity contribution in [1.82, 2.24) is 14.8 Å². The Morgan fingerprint density at radius 2 is 2.13 bits per heavy atom. The number of oxazole rings is 1. The van der Waals surface area contributed by atoms with Crippen molar-refractivity contribution >= 4 is 28.8 Å². The molecule has 0 spiro atoms. The normalized spacial score (nSPS) is 24.2. The van der Waals surface area contributed by atoms with E-state index in [-0.39, 0.29) is 5.91 Å². The van der Waals surface area contributed by atoms with Gasteiger partial charge in [-0.05, 0) is 48.4 Å². The van der Waals surface area contributed by atoms with Crippen LogP contribution in [-0.4, -0.2) is 47.0 Å². The molecule has 0 bridgehead atoms. The fourth-order valence-corrected chi connectivity index (χ4v) is 3.81. The summed E-state index contributed by atoms with van der Waals surface area (Å²) in [6, 6.07) is 5.80. The summed E-state index contributed by atoms with van der Waals surface area (Å²) < 4.78 is 5.65. The maximum atomic E-state index is 13.1. The molecule has 0 saturated carbocycles. The SMILES string of the molecule is Cc1nc2ccc(C3=C\C(=O)N4C=C(C5=CCN(C)CC5)N=C\C4=C/C=C/3)cc2o1. The molecule has 1 aromatic heterocycles. The molecule has 6 nitrogen and oxygen atoms in total. The number of rotatable bonds is 2. The lowest BCUT2D eigenvalue weighted by Crippen LogP contribution is -2.29. The topological polar surface area (TPSA) is 61.9 Å². The van der Waals surface area contributed by atoms with Crippen LogP contribution in [0.1, 0.15) is 17.9 Å². The van der Waals surface area contributed by atoms with E-state index in [1.807, 2.05) is 49.6 Å². The van der Waals surface area contributed by atoms with Gasteiger partial charge >= 0.3 is 0 Å². The lowest BCUT2D eigenvalue weighted by atomic mass is 10.0. The summed E-state index contributed by atoms with van der Waals surface area (Å²) in [5, 5.41) is 0. The number of nitrogens with zero attached hydrogens (tertiary/aromatic N) is 4. The Kier molecular flexibility index (Phi) is 4.56. The number of aromatic nitrogens is 1. The summed E-state index contributed by atoms with van der Waals surface area (Å²) in [4.78, 5) is 26.0. The van der Waals surface area contributed by atoms with E-state index in [1.165, 1.54) is 5.57 Å². The first-order chi connectivity index (χ1) is 14.6. The maximum Gasteiger partial charge on any atom is 0.255 e. The van der Waals surface area contributed by atoms with Crippen LogP contribution in [0, 0.1) is 6.92 Å². The molecule has 6 heteroatoms. The number of hydrogen-bond acceptors (Lipinski definition) is 5. The van der Waals surface area contributed by atoms with Crippen molar-refractivity contribution in [3.8, 4) is 0 Å². The molecule has 3 aliphatic heterocycles. The molecule has 0 unspecified atom stereocenters. The molecular formula is C24H22N4O2. The van der Waals surface area contributed by atoms with Gasteiger partial charge in [-0.1, -0.05) is 24.3 Å². The largest absolute Gasteiger partial charge is 0.441 e. The third-order valence-corrected chi connectivity index (χ3v) is 5.49. The summed E-state index contributed by atoms with van der Waals surface area (Å²) in [5.74, 6) is 0.521. The molecule has 0 N–H and O–H groups in total. The number of aryl methyl sites for hydroxylation is 1. The number of aliphatic imine (C=N–C) groups is 1. The van der Waals surface area contributed by atoms with Gasteiger partial charge in [0, 0.05) is 32.3 Å². The second-order valence-electron chi connectivity index (χ2n) is 7.69. The van der Waals surface area contributed by atoms with Gasteiger partial charge in [0.25, 0.3) is 5.91 Å². The second-order valence-corrected chi connectivity index (χ2v) is 7.69. The first kappa shape index (κ1) is 18.5. The monoisotopic (exact) mass is 398 g/mol. The van der Waals surface area contributed by atoms with E-state index in [4.69, 9.17) is 4.42 Å². The molecule has 0 atom stereocenters. The highest BCUT2D eigenvalue weighted by Crippen LogP contribution is 2.28. The van der Waals surface area contributed by atoms with Crippen molar-refractivity contribution in [3.05, 3.63) is 83.2 Å². The van der Waals surface area contributed by atoms with Crippen LogP contribution in [0.3, 0.4) is 0 Å². The Bertz CT molecular complexity index is 1220. The number of benzene rings is 1. The molecule has 3 aliphatic rings. The lowest BCUT2D eigenvalue weighted by Gasteiger charge is -2.27. The van der Waals surface area contributed by atoms with Crippen molar-refractivity contribution < 1.29 is 9.21 Å². The van der Waals surface area contributed by atoms with Crippen LogP contribution in [-0.2, 0) is 4.79 Å². The predicted octanol–water partition coefficient (Wildman–Crippen LogP) is 3.99. The molecular weight excluding hydrogens is 376 g/mol. The van der Waals surface area contributed by atoms with Gasteiger partial charge in [0.15, 0.2) is 11.5 Å². The number of allylic oxidation sites excluding steroid dienone is 6. The molecule has 0 saturated heterocycles. The van der Waals surface area contributed by atoms with Crippen LogP contribution in [0.2, 0.25) is 0 Å². The van der Waals surface area contributed by atoms with Gasteiger partial charge in [0.05, 0.1) is 17.6 Å². The first-order valence-corrected chi connectivity index (χ1v) is 10.0. The molecule has 1 aromatic carbocycles. The Balaban J connectivity index is 1.49. The quantitative estimate of drug-likeness (QED) is 0.767. The minimum Gasteiger partial charge on any atom is -0.441 e. The summed E-state index contributed by atoms with van der Waals surface area (Å²) in [5.41, 5.74) is 6.05. The highest BCUT2D eigenvalue weighted by molar-refractivity contribution is 6.03. The fraction of sp³-hybridized carbons (Fsp3) is 0.208. The number of hydrogen-bond donors (Lipinski definition) is 0. The highest BCUT2D eigenvalue weighted by Gasteiger charge is 2.22. The molecule has 0 fully saturated rings. The molecule has 0 aliphatic carbocycles. The molecule has 4 heterocycles. The zero-order chi connectivity index (χ0) is 20.7. The fourth-order valence-electron chi connectivity index (χ4n) is 3.81. The van der Waals surface area contributed by atoms with Crippen molar-refractivity contribution in [1.29, 1.82) is 0 Å². The van der Waals surface area contributed by atoms with Crippen molar-refractivity contribution in [2.75, 3.05) is 20.1 Å². The summed E-state index contributed by atoms with van der Waals surface area (Å²) in [7, 11) is 2.10. The van der Waals surface area contributed by atoms with E-state index < -0.39 is 0 Å². The number of likely N-dealkylation sites (N-methyl/N-ethyl adjacent to an activating group) is 1. The van der Waals surface area contributed by atoms with Crippen LogP contribution in [0.25, 0.3) is 16.7 Å². The number of fused-ring (bicyclic) bond motifs is 2. The molecule has 150 valence electrons.